The number of rotatable bonds is 8. The topological polar surface area (TPSA) is 81.9 Å². The van der Waals surface area contributed by atoms with E-state index in [2.05, 4.69) is 0 Å². The summed E-state index contributed by atoms with van der Waals surface area (Å²) in [6.07, 6.45) is 0. The molecule has 0 aliphatic heterocycles. The molecule has 0 aliphatic rings. The van der Waals surface area contributed by atoms with E-state index in [0.29, 0.717) is 24.5 Å². The minimum Gasteiger partial charge on any atom is -0.399 e. The number of nitrogen functional groups attached to an aromatic ring is 1. The second-order valence-electron chi connectivity index (χ2n) is 4.85. The molecule has 0 fully saturated rings. The van der Waals surface area contributed by atoms with Crippen molar-refractivity contribution in [3.8, 4) is 0 Å². The second kappa shape index (κ2) is 7.74. The van der Waals surface area contributed by atoms with Crippen LogP contribution in [0, 0.1) is 13.8 Å². The summed E-state index contributed by atoms with van der Waals surface area (Å²) in [4.78, 5) is 0.243. The van der Waals surface area contributed by atoms with Crippen LogP contribution in [0.25, 0.3) is 0 Å². The molecule has 2 N–H and O–H groups in total. The maximum Gasteiger partial charge on any atom is 0.243 e. The third kappa shape index (κ3) is 4.41. The number of hydrogen-bond donors (Lipinski definition) is 1. The van der Waals surface area contributed by atoms with Crippen molar-refractivity contribution in [2.75, 3.05) is 46.3 Å². The van der Waals surface area contributed by atoms with E-state index in [4.69, 9.17) is 15.2 Å². The van der Waals surface area contributed by atoms with E-state index < -0.39 is 10.0 Å². The molecule has 0 saturated carbocycles. The van der Waals surface area contributed by atoms with Gasteiger partial charge in [0.2, 0.25) is 10.0 Å². The third-order valence-electron chi connectivity index (χ3n) is 3.35. The van der Waals surface area contributed by atoms with Gasteiger partial charge in [0.1, 0.15) is 0 Å². The summed E-state index contributed by atoms with van der Waals surface area (Å²) in [6.45, 7) is 4.82. The van der Waals surface area contributed by atoms with Gasteiger partial charge in [-0.25, -0.2) is 8.42 Å². The van der Waals surface area contributed by atoms with E-state index in [1.807, 2.05) is 6.92 Å². The SMILES string of the molecule is COCCN(CCOC)S(=O)(=O)c1cc(N)cc(C)c1C. The Bertz CT molecular complexity index is 565. The molecule has 1 aromatic carbocycles. The summed E-state index contributed by atoms with van der Waals surface area (Å²) in [6, 6.07) is 3.27. The monoisotopic (exact) mass is 316 g/mol. The first-order chi connectivity index (χ1) is 9.84. The lowest BCUT2D eigenvalue weighted by Crippen LogP contribution is -2.37. The molecule has 120 valence electrons. The summed E-state index contributed by atoms with van der Waals surface area (Å²) in [5.74, 6) is 0. The summed E-state index contributed by atoms with van der Waals surface area (Å²) in [7, 11) is -0.550. The molecule has 6 nitrogen and oxygen atoms in total. The molecule has 1 aromatic rings. The number of sulfonamides is 1. The number of nitrogens with zero attached hydrogens (tertiary/aromatic N) is 1. The highest BCUT2D eigenvalue weighted by Gasteiger charge is 2.26. The number of aryl methyl sites for hydroxylation is 1. The predicted molar refractivity (Wildman–Crippen MR) is 82.8 cm³/mol. The lowest BCUT2D eigenvalue weighted by Gasteiger charge is -2.23. The maximum atomic E-state index is 12.8. The van der Waals surface area contributed by atoms with Gasteiger partial charge >= 0.3 is 0 Å². The van der Waals surface area contributed by atoms with Crippen LogP contribution in [0.2, 0.25) is 0 Å². The van der Waals surface area contributed by atoms with Gasteiger partial charge in [-0.3, -0.25) is 0 Å². The van der Waals surface area contributed by atoms with Crippen molar-refractivity contribution in [2.45, 2.75) is 18.7 Å². The summed E-state index contributed by atoms with van der Waals surface area (Å²) in [5.41, 5.74) is 7.80. The highest BCUT2D eigenvalue weighted by molar-refractivity contribution is 7.89. The van der Waals surface area contributed by atoms with Crippen LogP contribution in [0.15, 0.2) is 17.0 Å². The normalized spacial score (nSPS) is 12.0. The van der Waals surface area contributed by atoms with Crippen molar-refractivity contribution >= 4 is 15.7 Å². The lowest BCUT2D eigenvalue weighted by molar-refractivity contribution is 0.150. The first-order valence-electron chi connectivity index (χ1n) is 6.69. The highest BCUT2D eigenvalue weighted by atomic mass is 32.2. The number of methoxy groups -OCH3 is 2. The van der Waals surface area contributed by atoms with Crippen molar-refractivity contribution in [2.24, 2.45) is 0 Å². The standard InChI is InChI=1S/C14H24N2O4S/c1-11-9-13(15)10-14(12(11)2)21(17,18)16(5-7-19-3)6-8-20-4/h9-10H,5-8,15H2,1-4H3. The van der Waals surface area contributed by atoms with E-state index in [1.54, 1.807) is 13.0 Å². The molecule has 0 bridgehead atoms. The fourth-order valence-corrected chi connectivity index (χ4v) is 3.74. The molecule has 0 saturated heterocycles. The Balaban J connectivity index is 3.21. The Morgan fingerprint density at radius 2 is 1.62 bits per heavy atom. The van der Waals surface area contributed by atoms with Gasteiger partial charge in [0.25, 0.3) is 0 Å². The molecular formula is C14H24N2O4S. The maximum absolute atomic E-state index is 12.8. The minimum atomic E-state index is -3.63. The zero-order valence-corrected chi connectivity index (χ0v) is 13.9. The van der Waals surface area contributed by atoms with Crippen molar-refractivity contribution in [1.29, 1.82) is 0 Å². The molecule has 0 amide bonds. The van der Waals surface area contributed by atoms with Gasteiger partial charge < -0.3 is 15.2 Å². The molecule has 0 heterocycles. The van der Waals surface area contributed by atoms with Gasteiger partial charge in [0, 0.05) is 33.0 Å². The minimum absolute atomic E-state index is 0.243. The third-order valence-corrected chi connectivity index (χ3v) is 5.37. The first-order valence-corrected chi connectivity index (χ1v) is 8.13. The van der Waals surface area contributed by atoms with Gasteiger partial charge in [0.15, 0.2) is 0 Å². The van der Waals surface area contributed by atoms with Gasteiger partial charge in [-0.2, -0.15) is 4.31 Å². The van der Waals surface area contributed by atoms with Gasteiger partial charge in [-0.15, -0.1) is 0 Å². The average molecular weight is 316 g/mol. The van der Waals surface area contributed by atoms with Crippen LogP contribution in [-0.2, 0) is 19.5 Å². The van der Waals surface area contributed by atoms with Crippen LogP contribution in [0.3, 0.4) is 0 Å². The Morgan fingerprint density at radius 3 is 2.10 bits per heavy atom. The Hall–Kier alpha value is -1.15. The molecular weight excluding hydrogens is 292 g/mol. The number of hydrogen-bond acceptors (Lipinski definition) is 5. The zero-order chi connectivity index (χ0) is 16.0. The summed E-state index contributed by atoms with van der Waals surface area (Å²) < 4.78 is 37.0. The van der Waals surface area contributed by atoms with Crippen molar-refractivity contribution in [1.82, 2.24) is 4.31 Å². The van der Waals surface area contributed by atoms with Gasteiger partial charge in [-0.05, 0) is 37.1 Å². The molecule has 0 aromatic heterocycles. The molecule has 0 unspecified atom stereocenters. The highest BCUT2D eigenvalue weighted by Crippen LogP contribution is 2.25. The summed E-state index contributed by atoms with van der Waals surface area (Å²) >= 11 is 0. The lowest BCUT2D eigenvalue weighted by atomic mass is 10.1. The van der Waals surface area contributed by atoms with Crippen LogP contribution < -0.4 is 5.73 Å². The molecule has 0 radical (unpaired) electrons. The van der Waals surface area contributed by atoms with E-state index >= 15 is 0 Å². The van der Waals surface area contributed by atoms with E-state index in [0.717, 1.165) is 5.56 Å². The smallest absolute Gasteiger partial charge is 0.243 e. The predicted octanol–water partition coefficient (Wildman–Crippen LogP) is 1.17. The van der Waals surface area contributed by atoms with Crippen LogP contribution in [-0.4, -0.2) is 53.2 Å². The van der Waals surface area contributed by atoms with Crippen LogP contribution in [0.1, 0.15) is 11.1 Å². The quantitative estimate of drug-likeness (QED) is 0.728. The zero-order valence-electron chi connectivity index (χ0n) is 13.0. The van der Waals surface area contributed by atoms with E-state index in [1.165, 1.54) is 24.6 Å². The van der Waals surface area contributed by atoms with Gasteiger partial charge in [0.05, 0.1) is 18.1 Å². The Labute approximate surface area is 126 Å². The largest absolute Gasteiger partial charge is 0.399 e. The fourth-order valence-electron chi connectivity index (χ4n) is 2.00. The molecule has 1 rings (SSSR count). The number of nitrogens with two attached hydrogens (primary N) is 1. The molecule has 7 heteroatoms. The molecule has 0 aliphatic carbocycles. The average Bonchev–Trinajstić information content (AvgIpc) is 2.42. The number of benzene rings is 1. The van der Waals surface area contributed by atoms with Crippen molar-refractivity contribution in [3.05, 3.63) is 23.3 Å². The number of ether oxygens (including phenoxy) is 2. The van der Waals surface area contributed by atoms with Crippen molar-refractivity contribution in [3.63, 3.8) is 0 Å². The first kappa shape index (κ1) is 17.9. The van der Waals surface area contributed by atoms with Crippen LogP contribution in [0.5, 0.6) is 0 Å². The van der Waals surface area contributed by atoms with E-state index in [9.17, 15) is 8.42 Å². The Kier molecular flexibility index (Phi) is 6.60. The molecule has 21 heavy (non-hydrogen) atoms. The van der Waals surface area contributed by atoms with Gasteiger partial charge in [-0.1, -0.05) is 0 Å². The molecule has 0 spiro atoms. The van der Waals surface area contributed by atoms with Crippen molar-refractivity contribution < 1.29 is 17.9 Å². The van der Waals surface area contributed by atoms with Crippen LogP contribution in [0.4, 0.5) is 5.69 Å². The number of anilines is 1. The van der Waals surface area contributed by atoms with Crippen LogP contribution >= 0.6 is 0 Å². The molecule has 0 atom stereocenters. The Morgan fingerprint density at radius 1 is 1.10 bits per heavy atom. The fraction of sp³-hybridized carbons (Fsp3) is 0.571. The second-order valence-corrected chi connectivity index (χ2v) is 6.76. The summed E-state index contributed by atoms with van der Waals surface area (Å²) in [5, 5.41) is 0. The van der Waals surface area contributed by atoms with E-state index in [-0.39, 0.29) is 18.0 Å².